The van der Waals surface area contributed by atoms with Gasteiger partial charge in [0.25, 0.3) is 0 Å². The second-order valence-corrected chi connectivity index (χ2v) is 13.1. The summed E-state index contributed by atoms with van der Waals surface area (Å²) >= 11 is 0. The first-order chi connectivity index (χ1) is 18.1. The monoisotopic (exact) mass is 561 g/mol. The van der Waals surface area contributed by atoms with E-state index in [1.54, 1.807) is 6.08 Å². The molecule has 0 amide bonds. The number of unbranched alkanes of at least 4 members (excludes halogenated alkanes) is 22. The van der Waals surface area contributed by atoms with E-state index < -0.39 is 7.82 Å². The zero-order chi connectivity index (χ0) is 28.8. The molecule has 6 heteroatoms. The normalized spacial score (nSPS) is 12.1. The largest absolute Gasteiger partial charge is 0.524 e. The summed E-state index contributed by atoms with van der Waals surface area (Å²) in [5.41, 5.74) is 5.97. The number of hydrogen-bond acceptors (Lipinski definition) is 3. The Kier molecular flexibility index (Phi) is 31.0. The summed E-state index contributed by atoms with van der Waals surface area (Å²) in [7, 11) is -4.34. The van der Waals surface area contributed by atoms with Crippen LogP contribution in [0.5, 0.6) is 0 Å². The fourth-order valence-corrected chi connectivity index (χ4v) is 4.78. The van der Waals surface area contributed by atoms with Crippen LogP contribution >= 0.6 is 7.82 Å². The zero-order valence-electron chi connectivity index (χ0n) is 26.1. The highest BCUT2D eigenvalue weighted by Gasteiger charge is 2.11. The van der Waals surface area contributed by atoms with Gasteiger partial charge in [-0.05, 0) is 39.2 Å². The van der Waals surface area contributed by atoms with Crippen LogP contribution in [0.15, 0.2) is 12.3 Å². The predicted octanol–water partition coefficient (Wildman–Crippen LogP) is 11.1. The quantitative estimate of drug-likeness (QED) is 0.0527. The maximum Gasteiger partial charge on any atom is 0.524 e. The van der Waals surface area contributed by atoms with Gasteiger partial charge >= 0.3 is 7.82 Å². The fourth-order valence-electron chi connectivity index (χ4n) is 4.54. The van der Waals surface area contributed by atoms with Gasteiger partial charge in [-0.25, -0.2) is 4.57 Å². The predicted molar refractivity (Wildman–Crippen MR) is 167 cm³/mol. The molecular formula is C32H68NO4P. The maximum absolute atomic E-state index is 10.4. The minimum absolute atomic E-state index is 0.0428. The minimum Gasteiger partial charge on any atom is -0.413 e. The Hall–Kier alpha value is -0.350. The van der Waals surface area contributed by atoms with Crippen LogP contribution in [0, 0.1) is 0 Å². The van der Waals surface area contributed by atoms with E-state index in [1.807, 2.05) is 0 Å². The average Bonchev–Trinajstić information content (AvgIpc) is 2.84. The Bertz CT molecular complexity index is 528. The van der Waals surface area contributed by atoms with Gasteiger partial charge in [0.1, 0.15) is 0 Å². The lowest BCUT2D eigenvalue weighted by molar-refractivity contribution is 0.258. The third kappa shape index (κ3) is 42.7. The summed E-state index contributed by atoms with van der Waals surface area (Å²) in [6.07, 6.45) is 36.0. The van der Waals surface area contributed by atoms with Crippen molar-refractivity contribution in [2.24, 2.45) is 5.73 Å². The van der Waals surface area contributed by atoms with E-state index in [-0.39, 0.29) is 5.54 Å². The smallest absolute Gasteiger partial charge is 0.413 e. The standard InChI is InChI=1S/C18H37O4P.C14H31N/c1-2-3-4-5-6-7-8-9-10-11-12-13-14-15-16-17-18-22-23(19,20)21;1-4-5-6-7-8-9-10-11-12-13-14(2,3)15/h17-18H,2-16H2,1H3,(H2,19,20,21);4-13,15H2,1-3H3. The average molecular weight is 562 g/mol. The van der Waals surface area contributed by atoms with E-state index in [0.29, 0.717) is 0 Å². The van der Waals surface area contributed by atoms with Crippen LogP contribution in [0.25, 0.3) is 0 Å². The molecule has 4 N–H and O–H groups in total. The zero-order valence-corrected chi connectivity index (χ0v) is 27.0. The molecule has 5 nitrogen and oxygen atoms in total. The van der Waals surface area contributed by atoms with Crippen LogP contribution in [-0.2, 0) is 9.09 Å². The summed E-state index contributed by atoms with van der Waals surface area (Å²) in [5.74, 6) is 0. The summed E-state index contributed by atoms with van der Waals surface area (Å²) in [6.45, 7) is 8.78. The lowest BCUT2D eigenvalue weighted by Gasteiger charge is -2.17. The molecule has 0 unspecified atom stereocenters. The van der Waals surface area contributed by atoms with Crippen molar-refractivity contribution in [3.63, 3.8) is 0 Å². The SMILES string of the molecule is CCCCCCCCCCCC(C)(C)N.CCCCCCCCCCCCCCCCC=COP(=O)(O)O. The third-order valence-corrected chi connectivity index (χ3v) is 7.34. The van der Waals surface area contributed by atoms with E-state index in [1.165, 1.54) is 148 Å². The van der Waals surface area contributed by atoms with Crippen molar-refractivity contribution in [3.8, 4) is 0 Å². The molecule has 0 aromatic rings. The maximum atomic E-state index is 10.4. The summed E-state index contributed by atoms with van der Waals surface area (Å²) < 4.78 is 14.6. The molecule has 0 bridgehead atoms. The van der Waals surface area contributed by atoms with E-state index in [0.717, 1.165) is 19.1 Å². The molecule has 230 valence electrons. The van der Waals surface area contributed by atoms with Crippen LogP contribution in [0.4, 0.5) is 0 Å². The molecule has 0 rings (SSSR count). The van der Waals surface area contributed by atoms with Crippen molar-refractivity contribution >= 4 is 7.82 Å². The molecule has 0 heterocycles. The van der Waals surface area contributed by atoms with Gasteiger partial charge in [0.2, 0.25) is 0 Å². The Labute approximate surface area is 238 Å². The van der Waals surface area contributed by atoms with Crippen molar-refractivity contribution in [2.75, 3.05) is 0 Å². The van der Waals surface area contributed by atoms with Crippen LogP contribution < -0.4 is 5.73 Å². The Balaban J connectivity index is 0. The molecule has 0 atom stereocenters. The second kappa shape index (κ2) is 29.6. The summed E-state index contributed by atoms with van der Waals surface area (Å²) in [4.78, 5) is 17.0. The molecule has 0 saturated heterocycles. The van der Waals surface area contributed by atoms with E-state index in [9.17, 15) is 4.57 Å². The third-order valence-electron chi connectivity index (χ3n) is 6.94. The number of hydrogen-bond donors (Lipinski definition) is 3. The number of nitrogens with two attached hydrogens (primary N) is 1. The van der Waals surface area contributed by atoms with Gasteiger partial charge in [-0.1, -0.05) is 155 Å². The van der Waals surface area contributed by atoms with Crippen molar-refractivity contribution in [1.82, 2.24) is 0 Å². The molecule has 0 radical (unpaired) electrons. The highest BCUT2D eigenvalue weighted by molar-refractivity contribution is 7.46. The molecule has 0 aromatic heterocycles. The molecule has 38 heavy (non-hydrogen) atoms. The lowest BCUT2D eigenvalue weighted by Crippen LogP contribution is -2.31. The van der Waals surface area contributed by atoms with Crippen molar-refractivity contribution in [1.29, 1.82) is 0 Å². The molecular weight excluding hydrogens is 493 g/mol. The molecule has 0 aromatic carbocycles. The second-order valence-electron chi connectivity index (χ2n) is 11.9. The van der Waals surface area contributed by atoms with Crippen molar-refractivity contribution in [2.45, 2.75) is 194 Å². The van der Waals surface area contributed by atoms with Gasteiger partial charge in [0.05, 0.1) is 6.26 Å². The topological polar surface area (TPSA) is 92.8 Å². The van der Waals surface area contributed by atoms with Crippen LogP contribution in [0.2, 0.25) is 0 Å². The highest BCUT2D eigenvalue weighted by atomic mass is 31.2. The van der Waals surface area contributed by atoms with Crippen LogP contribution in [-0.4, -0.2) is 15.3 Å². The van der Waals surface area contributed by atoms with E-state index in [4.69, 9.17) is 15.5 Å². The molecule has 0 saturated carbocycles. The Morgan fingerprint density at radius 3 is 1.24 bits per heavy atom. The van der Waals surface area contributed by atoms with Crippen molar-refractivity contribution in [3.05, 3.63) is 12.3 Å². The number of phosphoric ester groups is 1. The molecule has 0 fully saturated rings. The van der Waals surface area contributed by atoms with E-state index in [2.05, 4.69) is 32.2 Å². The first kappa shape index (κ1) is 39.8. The molecule has 0 spiro atoms. The molecule has 0 aliphatic heterocycles. The van der Waals surface area contributed by atoms with Gasteiger partial charge < -0.3 is 10.3 Å². The molecule has 0 aliphatic carbocycles. The first-order valence-electron chi connectivity index (χ1n) is 16.3. The summed E-state index contributed by atoms with van der Waals surface area (Å²) in [5, 5.41) is 0. The van der Waals surface area contributed by atoms with Gasteiger partial charge in [-0.3, -0.25) is 9.79 Å². The lowest BCUT2D eigenvalue weighted by atomic mass is 9.97. The van der Waals surface area contributed by atoms with Gasteiger partial charge in [0.15, 0.2) is 0 Å². The number of phosphoric acid groups is 1. The number of rotatable bonds is 27. The Morgan fingerprint density at radius 2 is 0.921 bits per heavy atom. The van der Waals surface area contributed by atoms with Crippen LogP contribution in [0.3, 0.4) is 0 Å². The highest BCUT2D eigenvalue weighted by Crippen LogP contribution is 2.35. The first-order valence-corrected chi connectivity index (χ1v) is 17.8. The minimum atomic E-state index is -4.34. The van der Waals surface area contributed by atoms with Crippen molar-refractivity contribution < 1.29 is 18.9 Å². The number of allylic oxidation sites excluding steroid dienone is 1. The fraction of sp³-hybridized carbons (Fsp3) is 0.938. The molecule has 0 aliphatic rings. The van der Waals surface area contributed by atoms with Gasteiger partial charge in [0, 0.05) is 5.54 Å². The van der Waals surface area contributed by atoms with Crippen LogP contribution in [0.1, 0.15) is 188 Å². The Morgan fingerprint density at radius 1 is 0.605 bits per heavy atom. The van der Waals surface area contributed by atoms with Gasteiger partial charge in [-0.2, -0.15) is 0 Å². The summed E-state index contributed by atoms with van der Waals surface area (Å²) in [6, 6.07) is 0. The van der Waals surface area contributed by atoms with Gasteiger partial charge in [-0.15, -0.1) is 0 Å². The van der Waals surface area contributed by atoms with E-state index >= 15 is 0 Å².